The summed E-state index contributed by atoms with van der Waals surface area (Å²) in [5, 5.41) is 12.3. The quantitative estimate of drug-likeness (QED) is 0.189. The zero-order valence-corrected chi connectivity index (χ0v) is 28.8. The van der Waals surface area contributed by atoms with Crippen molar-refractivity contribution in [2.75, 3.05) is 32.7 Å². The minimum atomic E-state index is -0.718. The van der Waals surface area contributed by atoms with Gasteiger partial charge in [0, 0.05) is 45.0 Å². The molecule has 0 saturated heterocycles. The summed E-state index contributed by atoms with van der Waals surface area (Å²) in [6, 6.07) is 18.4. The Balaban J connectivity index is 1.60. The second kappa shape index (κ2) is 18.8. The molecule has 51 heavy (non-hydrogen) atoms. The van der Waals surface area contributed by atoms with Crippen molar-refractivity contribution in [2.45, 2.75) is 58.3 Å². The van der Waals surface area contributed by atoms with Crippen LogP contribution in [0.5, 0.6) is 5.75 Å². The van der Waals surface area contributed by atoms with Crippen LogP contribution in [0.15, 0.2) is 79.1 Å². The highest BCUT2D eigenvalue weighted by Crippen LogP contribution is 2.24. The molecule has 6 amide bonds. The predicted molar refractivity (Wildman–Crippen MR) is 187 cm³/mol. The topological polar surface area (TPSA) is 187 Å². The fourth-order valence-electron chi connectivity index (χ4n) is 5.93. The van der Waals surface area contributed by atoms with Crippen LogP contribution in [0.2, 0.25) is 0 Å². The van der Waals surface area contributed by atoms with Gasteiger partial charge in [-0.05, 0) is 53.8 Å². The first-order valence-electron chi connectivity index (χ1n) is 16.8. The van der Waals surface area contributed by atoms with Crippen LogP contribution in [0.25, 0.3) is 0 Å². The van der Waals surface area contributed by atoms with E-state index >= 15 is 0 Å². The molecular weight excluding hydrogens is 654 g/mol. The molecule has 0 bridgehead atoms. The molecule has 0 radical (unpaired) electrons. The Morgan fingerprint density at radius 3 is 1.71 bits per heavy atom. The molecule has 1 aliphatic carbocycles. The number of benzene rings is 2. The van der Waals surface area contributed by atoms with Crippen molar-refractivity contribution in [1.29, 1.82) is 0 Å². The number of nitrogens with two attached hydrogens (primary N) is 1. The van der Waals surface area contributed by atoms with E-state index < -0.39 is 42.6 Å². The number of phenolic OH excluding ortho intramolecular Hbond substituents is 1. The van der Waals surface area contributed by atoms with E-state index in [1.165, 1.54) is 38.7 Å². The summed E-state index contributed by atoms with van der Waals surface area (Å²) in [6.45, 7) is -0.415. The number of phenols is 1. The summed E-state index contributed by atoms with van der Waals surface area (Å²) in [5.74, 6) is -3.04. The van der Waals surface area contributed by atoms with Crippen LogP contribution in [-0.4, -0.2) is 104 Å². The maximum absolute atomic E-state index is 14.2. The zero-order chi connectivity index (χ0) is 36.8. The third-order valence-electron chi connectivity index (χ3n) is 8.59. The molecule has 4 rings (SSSR count). The molecule has 14 nitrogen and oxygen atoms in total. The van der Waals surface area contributed by atoms with E-state index in [1.807, 2.05) is 6.07 Å². The van der Waals surface area contributed by atoms with Crippen molar-refractivity contribution in [3.63, 3.8) is 0 Å². The number of aromatic nitrogens is 1. The predicted octanol–water partition coefficient (Wildman–Crippen LogP) is 1.57. The van der Waals surface area contributed by atoms with Crippen LogP contribution in [0.4, 0.5) is 0 Å². The van der Waals surface area contributed by atoms with Gasteiger partial charge in [0.2, 0.25) is 35.4 Å². The van der Waals surface area contributed by atoms with Crippen LogP contribution >= 0.6 is 0 Å². The van der Waals surface area contributed by atoms with Gasteiger partial charge in [0.25, 0.3) is 0 Å². The van der Waals surface area contributed by atoms with Crippen LogP contribution in [-0.2, 0) is 48.4 Å². The molecule has 0 atom stereocenters. The van der Waals surface area contributed by atoms with E-state index in [2.05, 4.69) is 10.3 Å². The van der Waals surface area contributed by atoms with Gasteiger partial charge in [-0.25, -0.2) is 0 Å². The summed E-state index contributed by atoms with van der Waals surface area (Å²) in [5.41, 5.74) is 7.56. The first-order valence-corrected chi connectivity index (χ1v) is 16.8. The highest BCUT2D eigenvalue weighted by molar-refractivity contribution is 5.92. The van der Waals surface area contributed by atoms with Crippen LogP contribution in [0.1, 0.15) is 49.3 Å². The Morgan fingerprint density at radius 2 is 1.18 bits per heavy atom. The average Bonchev–Trinajstić information content (AvgIpc) is 3.65. The van der Waals surface area contributed by atoms with Crippen molar-refractivity contribution in [1.82, 2.24) is 29.9 Å². The lowest BCUT2D eigenvalue weighted by atomic mass is 10.1. The van der Waals surface area contributed by atoms with E-state index in [-0.39, 0.29) is 57.0 Å². The Bertz CT molecular complexity index is 1650. The number of nitrogens with one attached hydrogen (secondary N) is 1. The van der Waals surface area contributed by atoms with Gasteiger partial charge < -0.3 is 35.8 Å². The standard InChI is InChI=1S/C37H45N7O7/c1-27(45)40-19-34(48)44(31-9-5-6-10-31)26-37(51)43(22-30-15-17-39-18-16-30)25-36(50)42(21-29-11-13-32(46)14-12-29)24-35(49)41(23-33(38)47)20-28-7-3-2-4-8-28/h2-4,7-8,11-18,31,46H,5-6,9-10,19-26H2,1H3,(H2,38,47)(H,40,45). The van der Waals surface area contributed by atoms with Gasteiger partial charge in [-0.2, -0.15) is 0 Å². The van der Waals surface area contributed by atoms with Crippen LogP contribution < -0.4 is 11.1 Å². The molecule has 1 heterocycles. The number of carbonyl (C=O) groups is 6. The Kier molecular flexibility index (Phi) is 14.0. The highest BCUT2D eigenvalue weighted by atomic mass is 16.3. The normalized spacial score (nSPS) is 12.5. The van der Waals surface area contributed by atoms with Gasteiger partial charge >= 0.3 is 0 Å². The second-order valence-electron chi connectivity index (χ2n) is 12.6. The Hall–Kier alpha value is -5.79. The molecule has 0 aliphatic heterocycles. The van der Waals surface area contributed by atoms with Gasteiger partial charge in [-0.1, -0.05) is 55.3 Å². The molecule has 1 aliphatic rings. The van der Waals surface area contributed by atoms with E-state index in [9.17, 15) is 33.9 Å². The fourth-order valence-corrected chi connectivity index (χ4v) is 5.93. The fraction of sp³-hybridized carbons (Fsp3) is 0.378. The number of hydrogen-bond acceptors (Lipinski definition) is 8. The van der Waals surface area contributed by atoms with Gasteiger partial charge in [0.15, 0.2) is 0 Å². The van der Waals surface area contributed by atoms with Gasteiger partial charge in [0.1, 0.15) is 25.4 Å². The van der Waals surface area contributed by atoms with E-state index in [4.69, 9.17) is 5.73 Å². The van der Waals surface area contributed by atoms with Crippen LogP contribution in [0.3, 0.4) is 0 Å². The Labute approximate surface area is 297 Å². The van der Waals surface area contributed by atoms with Gasteiger partial charge in [-0.3, -0.25) is 33.8 Å². The largest absolute Gasteiger partial charge is 0.508 e. The molecule has 0 spiro atoms. The highest BCUT2D eigenvalue weighted by Gasteiger charge is 2.32. The second-order valence-corrected chi connectivity index (χ2v) is 12.6. The monoisotopic (exact) mass is 699 g/mol. The summed E-state index contributed by atoms with van der Waals surface area (Å²) < 4.78 is 0. The van der Waals surface area contributed by atoms with Crippen molar-refractivity contribution in [3.8, 4) is 5.75 Å². The lowest BCUT2D eigenvalue weighted by Crippen LogP contribution is -2.52. The number of carbonyl (C=O) groups excluding carboxylic acids is 6. The first kappa shape index (κ1) is 38.0. The summed E-state index contributed by atoms with van der Waals surface area (Å²) >= 11 is 0. The third kappa shape index (κ3) is 12.2. The molecule has 2 aromatic carbocycles. The van der Waals surface area contributed by atoms with Crippen LogP contribution in [0, 0.1) is 0 Å². The number of amides is 6. The molecule has 1 aromatic heterocycles. The summed E-state index contributed by atoms with van der Waals surface area (Å²) in [4.78, 5) is 88.2. The number of rotatable bonds is 17. The Morgan fingerprint density at radius 1 is 0.686 bits per heavy atom. The maximum Gasteiger partial charge on any atom is 0.242 e. The lowest BCUT2D eigenvalue weighted by molar-refractivity contribution is -0.148. The van der Waals surface area contributed by atoms with Gasteiger partial charge in [-0.15, -0.1) is 0 Å². The van der Waals surface area contributed by atoms with E-state index in [1.54, 1.807) is 60.9 Å². The number of pyridine rings is 1. The number of aromatic hydroxyl groups is 1. The summed E-state index contributed by atoms with van der Waals surface area (Å²) in [6.07, 6.45) is 6.37. The zero-order valence-electron chi connectivity index (χ0n) is 28.8. The molecule has 1 fully saturated rings. The summed E-state index contributed by atoms with van der Waals surface area (Å²) in [7, 11) is 0. The molecule has 3 aromatic rings. The van der Waals surface area contributed by atoms with Crippen molar-refractivity contribution >= 4 is 35.4 Å². The lowest BCUT2D eigenvalue weighted by Gasteiger charge is -2.33. The molecule has 1 saturated carbocycles. The average molecular weight is 700 g/mol. The molecule has 14 heteroatoms. The van der Waals surface area contributed by atoms with Gasteiger partial charge in [0.05, 0.1) is 13.1 Å². The first-order chi connectivity index (χ1) is 24.5. The molecular formula is C37H45N7O7. The molecule has 270 valence electrons. The molecule has 0 unspecified atom stereocenters. The number of hydrogen-bond donors (Lipinski definition) is 3. The van der Waals surface area contributed by atoms with Crippen molar-refractivity contribution in [3.05, 3.63) is 95.8 Å². The number of nitrogens with zero attached hydrogens (tertiary/aromatic N) is 5. The van der Waals surface area contributed by atoms with Crippen molar-refractivity contribution < 1.29 is 33.9 Å². The smallest absolute Gasteiger partial charge is 0.242 e. The molecule has 4 N–H and O–H groups in total. The van der Waals surface area contributed by atoms with E-state index in [0.717, 1.165) is 31.2 Å². The number of primary amides is 1. The minimum Gasteiger partial charge on any atom is -0.508 e. The maximum atomic E-state index is 14.2. The van der Waals surface area contributed by atoms with Crippen molar-refractivity contribution in [2.24, 2.45) is 5.73 Å². The van der Waals surface area contributed by atoms with E-state index in [0.29, 0.717) is 11.1 Å². The third-order valence-corrected chi connectivity index (χ3v) is 8.59. The minimum absolute atomic E-state index is 0.0221. The SMILES string of the molecule is CC(=O)NCC(=O)N(CC(=O)N(CC(=O)N(CC(=O)N(CC(N)=O)Cc1ccccc1)Cc1ccc(O)cc1)Cc1ccncc1)C1CCCC1.